The highest BCUT2D eigenvalue weighted by Crippen LogP contribution is 2.24. The largest absolute Gasteiger partial charge is 0.379 e. The molecular weight excluding hydrogens is 254 g/mol. The topological polar surface area (TPSA) is 21.3 Å². The highest BCUT2D eigenvalue weighted by Gasteiger charge is 2.24. The summed E-state index contributed by atoms with van der Waals surface area (Å²) in [7, 11) is 0. The third-order valence-corrected chi connectivity index (χ3v) is 3.41. The Morgan fingerprint density at radius 3 is 2.93 bits per heavy atom. The van der Waals surface area contributed by atoms with Gasteiger partial charge in [0.05, 0.1) is 12.1 Å². The molecule has 3 heteroatoms. The van der Waals surface area contributed by atoms with E-state index in [0.29, 0.717) is 12.1 Å². The average Bonchev–Trinajstić information content (AvgIpc) is 2.58. The van der Waals surface area contributed by atoms with Gasteiger partial charge in [0.1, 0.15) is 0 Å². The molecule has 15 heavy (non-hydrogen) atoms. The summed E-state index contributed by atoms with van der Waals surface area (Å²) in [5, 5.41) is 3.54. The quantitative estimate of drug-likeness (QED) is 0.889. The van der Waals surface area contributed by atoms with Crippen molar-refractivity contribution < 1.29 is 4.74 Å². The van der Waals surface area contributed by atoms with Gasteiger partial charge in [0.2, 0.25) is 0 Å². The van der Waals surface area contributed by atoms with E-state index in [9.17, 15) is 0 Å². The van der Waals surface area contributed by atoms with Crippen LogP contribution in [0.15, 0.2) is 22.7 Å². The van der Waals surface area contributed by atoms with Gasteiger partial charge < -0.3 is 10.1 Å². The summed E-state index contributed by atoms with van der Waals surface area (Å²) in [4.78, 5) is 0. The summed E-state index contributed by atoms with van der Waals surface area (Å²) in [6.45, 7) is 5.11. The Balaban J connectivity index is 2.12. The Morgan fingerprint density at radius 1 is 1.47 bits per heavy atom. The van der Waals surface area contributed by atoms with E-state index in [2.05, 4.69) is 53.3 Å². The fraction of sp³-hybridized carbons (Fsp3) is 0.500. The summed E-state index contributed by atoms with van der Waals surface area (Å²) in [5.41, 5.74) is 2.48. The molecule has 1 N–H and O–H groups in total. The van der Waals surface area contributed by atoms with E-state index >= 15 is 0 Å². The number of hydrogen-bond acceptors (Lipinski definition) is 2. The molecule has 2 unspecified atom stereocenters. The number of aryl methyl sites for hydroxylation is 1. The van der Waals surface area contributed by atoms with E-state index in [1.165, 1.54) is 11.3 Å². The van der Waals surface area contributed by atoms with Gasteiger partial charge in [-0.2, -0.15) is 0 Å². The summed E-state index contributed by atoms with van der Waals surface area (Å²) in [6.07, 6.45) is 1.40. The van der Waals surface area contributed by atoms with Gasteiger partial charge in [0.15, 0.2) is 0 Å². The van der Waals surface area contributed by atoms with Crippen LogP contribution < -0.4 is 5.32 Å². The normalized spacial score (nSPS) is 25.5. The Kier molecular flexibility index (Phi) is 3.32. The van der Waals surface area contributed by atoms with Gasteiger partial charge in [-0.05, 0) is 38.0 Å². The SMILES string of the molecule is Cc1ccc(Br)cc1NC1CCOC1C. The molecule has 1 aromatic rings. The lowest BCUT2D eigenvalue weighted by atomic mass is 10.1. The molecule has 1 saturated heterocycles. The Hall–Kier alpha value is -0.540. The summed E-state index contributed by atoms with van der Waals surface area (Å²) in [6, 6.07) is 6.75. The van der Waals surface area contributed by atoms with E-state index in [0.717, 1.165) is 17.5 Å². The van der Waals surface area contributed by atoms with Crippen molar-refractivity contribution in [3.05, 3.63) is 28.2 Å². The molecule has 2 rings (SSSR count). The molecule has 1 heterocycles. The van der Waals surface area contributed by atoms with Gasteiger partial charge in [0.25, 0.3) is 0 Å². The molecule has 2 atom stereocenters. The van der Waals surface area contributed by atoms with E-state index in [4.69, 9.17) is 4.74 Å². The summed E-state index contributed by atoms with van der Waals surface area (Å²) < 4.78 is 6.65. The van der Waals surface area contributed by atoms with Crippen LogP contribution >= 0.6 is 15.9 Å². The predicted octanol–water partition coefficient (Wildman–Crippen LogP) is 3.35. The molecule has 0 saturated carbocycles. The summed E-state index contributed by atoms with van der Waals surface area (Å²) in [5.74, 6) is 0. The number of rotatable bonds is 2. The molecular formula is C12H16BrNO. The van der Waals surface area contributed by atoms with Crippen molar-refractivity contribution >= 4 is 21.6 Å². The van der Waals surface area contributed by atoms with Crippen LogP contribution in [0.25, 0.3) is 0 Å². The highest BCUT2D eigenvalue weighted by molar-refractivity contribution is 9.10. The zero-order chi connectivity index (χ0) is 10.8. The van der Waals surface area contributed by atoms with Crippen molar-refractivity contribution in [3.63, 3.8) is 0 Å². The fourth-order valence-electron chi connectivity index (χ4n) is 1.87. The predicted molar refractivity (Wildman–Crippen MR) is 66.3 cm³/mol. The number of ether oxygens (including phenoxy) is 1. The lowest BCUT2D eigenvalue weighted by molar-refractivity contribution is 0.121. The first kappa shape index (κ1) is 11.0. The number of benzene rings is 1. The van der Waals surface area contributed by atoms with Crippen molar-refractivity contribution in [2.24, 2.45) is 0 Å². The van der Waals surface area contributed by atoms with Crippen LogP contribution in [0.4, 0.5) is 5.69 Å². The second kappa shape index (κ2) is 4.54. The molecule has 1 aromatic carbocycles. The van der Waals surface area contributed by atoms with E-state index in [1.54, 1.807) is 0 Å². The number of anilines is 1. The van der Waals surface area contributed by atoms with E-state index in [1.807, 2.05) is 0 Å². The van der Waals surface area contributed by atoms with Crippen molar-refractivity contribution in [2.75, 3.05) is 11.9 Å². The second-order valence-electron chi connectivity index (χ2n) is 4.07. The van der Waals surface area contributed by atoms with Crippen LogP contribution in [-0.2, 0) is 4.74 Å². The Bertz CT molecular complexity index is 353. The Morgan fingerprint density at radius 2 is 2.27 bits per heavy atom. The minimum atomic E-state index is 0.309. The zero-order valence-electron chi connectivity index (χ0n) is 9.09. The van der Waals surface area contributed by atoms with Crippen LogP contribution in [0, 0.1) is 6.92 Å². The van der Waals surface area contributed by atoms with Gasteiger partial charge in [-0.1, -0.05) is 22.0 Å². The van der Waals surface area contributed by atoms with Crippen LogP contribution in [-0.4, -0.2) is 18.8 Å². The Labute approximate surface area is 99.1 Å². The fourth-order valence-corrected chi connectivity index (χ4v) is 2.23. The average molecular weight is 270 g/mol. The van der Waals surface area contributed by atoms with Crippen molar-refractivity contribution in [3.8, 4) is 0 Å². The number of halogens is 1. The molecule has 0 spiro atoms. The van der Waals surface area contributed by atoms with Gasteiger partial charge in [-0.15, -0.1) is 0 Å². The molecule has 0 bridgehead atoms. The third-order valence-electron chi connectivity index (χ3n) is 2.92. The molecule has 82 valence electrons. The lowest BCUT2D eigenvalue weighted by Gasteiger charge is -2.19. The smallest absolute Gasteiger partial charge is 0.0748 e. The van der Waals surface area contributed by atoms with Crippen LogP contribution in [0.5, 0.6) is 0 Å². The first-order chi connectivity index (χ1) is 7.16. The maximum Gasteiger partial charge on any atom is 0.0748 e. The second-order valence-corrected chi connectivity index (χ2v) is 4.99. The summed E-state index contributed by atoms with van der Waals surface area (Å²) >= 11 is 3.49. The zero-order valence-corrected chi connectivity index (χ0v) is 10.7. The maximum absolute atomic E-state index is 5.53. The van der Waals surface area contributed by atoms with Gasteiger partial charge in [-0.25, -0.2) is 0 Å². The van der Waals surface area contributed by atoms with Crippen molar-refractivity contribution in [1.29, 1.82) is 0 Å². The number of hydrogen-bond donors (Lipinski definition) is 1. The first-order valence-corrected chi connectivity index (χ1v) is 6.10. The minimum absolute atomic E-state index is 0.309. The first-order valence-electron chi connectivity index (χ1n) is 5.31. The molecule has 1 aliphatic heterocycles. The maximum atomic E-state index is 5.53. The minimum Gasteiger partial charge on any atom is -0.379 e. The molecule has 1 aliphatic rings. The highest BCUT2D eigenvalue weighted by atomic mass is 79.9. The van der Waals surface area contributed by atoms with Crippen molar-refractivity contribution in [1.82, 2.24) is 0 Å². The van der Waals surface area contributed by atoms with Crippen LogP contribution in [0.3, 0.4) is 0 Å². The van der Waals surface area contributed by atoms with Crippen molar-refractivity contribution in [2.45, 2.75) is 32.4 Å². The van der Waals surface area contributed by atoms with Gasteiger partial charge >= 0.3 is 0 Å². The third kappa shape index (κ3) is 2.52. The lowest BCUT2D eigenvalue weighted by Crippen LogP contribution is -2.26. The van der Waals surface area contributed by atoms with E-state index < -0.39 is 0 Å². The molecule has 1 fully saturated rings. The van der Waals surface area contributed by atoms with Gasteiger partial charge in [0, 0.05) is 16.8 Å². The standard InChI is InChI=1S/C12H16BrNO/c1-8-3-4-10(13)7-12(8)14-11-5-6-15-9(11)2/h3-4,7,9,11,14H,5-6H2,1-2H3. The monoisotopic (exact) mass is 269 g/mol. The van der Waals surface area contributed by atoms with Crippen LogP contribution in [0.1, 0.15) is 18.9 Å². The number of nitrogens with one attached hydrogen (secondary N) is 1. The molecule has 0 radical (unpaired) electrons. The van der Waals surface area contributed by atoms with Crippen LogP contribution in [0.2, 0.25) is 0 Å². The van der Waals surface area contributed by atoms with Gasteiger partial charge in [-0.3, -0.25) is 0 Å². The van der Waals surface area contributed by atoms with E-state index in [-0.39, 0.29) is 0 Å². The molecule has 0 aromatic heterocycles. The molecule has 0 amide bonds. The molecule has 2 nitrogen and oxygen atoms in total. The molecule has 0 aliphatic carbocycles.